The molecule has 0 aromatic heterocycles. The van der Waals surface area contributed by atoms with Crippen LogP contribution in [0.25, 0.3) is 0 Å². The Bertz CT molecular complexity index is 191. The summed E-state index contributed by atoms with van der Waals surface area (Å²) < 4.78 is 0. The van der Waals surface area contributed by atoms with Crippen molar-refractivity contribution in [3.8, 4) is 0 Å². The topological polar surface area (TPSA) is 29.3 Å². The number of allylic oxidation sites excluding steroid dienone is 3. The van der Waals surface area contributed by atoms with Crippen molar-refractivity contribution in [3.05, 3.63) is 23.4 Å². The summed E-state index contributed by atoms with van der Waals surface area (Å²) in [5.41, 5.74) is 8.25. The average Bonchev–Trinajstić information content (AvgIpc) is 1.82. The highest BCUT2D eigenvalue weighted by molar-refractivity contribution is 5.26. The summed E-state index contributed by atoms with van der Waals surface area (Å²) in [6, 6.07) is 0. The van der Waals surface area contributed by atoms with E-state index in [2.05, 4.69) is 19.9 Å². The molecule has 56 valence electrons. The second-order valence-electron chi connectivity index (χ2n) is 2.80. The van der Waals surface area contributed by atoms with E-state index < -0.39 is 0 Å². The van der Waals surface area contributed by atoms with Gasteiger partial charge in [0.05, 0.1) is 6.17 Å². The lowest BCUT2D eigenvalue weighted by Gasteiger charge is -2.28. The molecule has 2 nitrogen and oxygen atoms in total. The minimum atomic E-state index is 0.0602. The Labute approximate surface area is 62.0 Å². The van der Waals surface area contributed by atoms with Crippen LogP contribution in [0.5, 0.6) is 0 Å². The Hall–Kier alpha value is -0.760. The molecule has 0 saturated carbocycles. The van der Waals surface area contributed by atoms with Crippen molar-refractivity contribution in [3.63, 3.8) is 0 Å². The molecule has 0 fully saturated rings. The lowest BCUT2D eigenvalue weighted by atomic mass is 10.1. The van der Waals surface area contributed by atoms with Gasteiger partial charge in [0.2, 0.25) is 0 Å². The lowest BCUT2D eigenvalue weighted by molar-refractivity contribution is 0.354. The van der Waals surface area contributed by atoms with Gasteiger partial charge in [0, 0.05) is 12.7 Å². The number of likely N-dealkylation sites (N-methyl/N-ethyl adjacent to an activating group) is 1. The van der Waals surface area contributed by atoms with E-state index in [1.165, 1.54) is 11.3 Å². The quantitative estimate of drug-likeness (QED) is 0.542. The SMILES string of the molecule is CC1=CC(N)N(C)C(C)=C1. The van der Waals surface area contributed by atoms with Crippen LogP contribution in [0.4, 0.5) is 0 Å². The molecule has 2 heteroatoms. The Balaban J connectivity index is 2.85. The molecule has 0 spiro atoms. The molecule has 1 aliphatic heterocycles. The lowest BCUT2D eigenvalue weighted by Crippen LogP contribution is -2.38. The predicted octanol–water partition coefficient (Wildman–Crippen LogP) is 1.07. The molecular weight excluding hydrogens is 124 g/mol. The Kier molecular flexibility index (Phi) is 1.81. The van der Waals surface area contributed by atoms with Crippen molar-refractivity contribution in [2.24, 2.45) is 5.73 Å². The largest absolute Gasteiger partial charge is 0.359 e. The van der Waals surface area contributed by atoms with Gasteiger partial charge in [0.15, 0.2) is 0 Å². The van der Waals surface area contributed by atoms with Crippen LogP contribution in [0, 0.1) is 0 Å². The van der Waals surface area contributed by atoms with Gasteiger partial charge >= 0.3 is 0 Å². The molecule has 1 heterocycles. The van der Waals surface area contributed by atoms with Gasteiger partial charge in [0.1, 0.15) is 0 Å². The summed E-state index contributed by atoms with van der Waals surface area (Å²) in [7, 11) is 2.00. The Morgan fingerprint density at radius 1 is 1.50 bits per heavy atom. The zero-order chi connectivity index (χ0) is 7.72. The number of rotatable bonds is 0. The number of hydrogen-bond acceptors (Lipinski definition) is 2. The number of hydrogen-bond donors (Lipinski definition) is 1. The fourth-order valence-electron chi connectivity index (χ4n) is 1.10. The monoisotopic (exact) mass is 138 g/mol. The summed E-state index contributed by atoms with van der Waals surface area (Å²) in [6.07, 6.45) is 4.24. The van der Waals surface area contributed by atoms with E-state index in [1.54, 1.807) is 0 Å². The molecule has 0 saturated heterocycles. The van der Waals surface area contributed by atoms with Crippen molar-refractivity contribution >= 4 is 0 Å². The normalized spacial score (nSPS) is 26.0. The van der Waals surface area contributed by atoms with E-state index in [-0.39, 0.29) is 6.17 Å². The van der Waals surface area contributed by atoms with E-state index in [0.717, 1.165) is 0 Å². The molecule has 1 unspecified atom stereocenters. The highest BCUT2D eigenvalue weighted by Gasteiger charge is 2.10. The van der Waals surface area contributed by atoms with E-state index in [0.29, 0.717) is 0 Å². The summed E-state index contributed by atoms with van der Waals surface area (Å²) >= 11 is 0. The zero-order valence-electron chi connectivity index (χ0n) is 6.76. The molecule has 0 aromatic carbocycles. The number of nitrogens with two attached hydrogens (primary N) is 1. The van der Waals surface area contributed by atoms with Crippen LogP contribution in [0.15, 0.2) is 23.4 Å². The molecule has 1 aliphatic rings. The second-order valence-corrected chi connectivity index (χ2v) is 2.80. The molecule has 0 radical (unpaired) electrons. The summed E-state index contributed by atoms with van der Waals surface area (Å²) in [6.45, 7) is 4.13. The molecule has 10 heavy (non-hydrogen) atoms. The van der Waals surface area contributed by atoms with Gasteiger partial charge in [-0.3, -0.25) is 0 Å². The molecule has 0 amide bonds. The van der Waals surface area contributed by atoms with Crippen LogP contribution >= 0.6 is 0 Å². The highest BCUT2D eigenvalue weighted by Crippen LogP contribution is 2.14. The van der Waals surface area contributed by atoms with Crippen LogP contribution < -0.4 is 5.73 Å². The molecule has 0 bridgehead atoms. The first kappa shape index (κ1) is 7.35. The summed E-state index contributed by atoms with van der Waals surface area (Å²) in [5.74, 6) is 0. The number of nitrogens with zero attached hydrogens (tertiary/aromatic N) is 1. The fraction of sp³-hybridized carbons (Fsp3) is 0.500. The summed E-state index contributed by atoms with van der Waals surface area (Å²) in [4.78, 5) is 2.05. The molecule has 0 aliphatic carbocycles. The predicted molar refractivity (Wildman–Crippen MR) is 43.3 cm³/mol. The molecule has 2 N–H and O–H groups in total. The van der Waals surface area contributed by atoms with Crippen molar-refractivity contribution in [2.45, 2.75) is 20.0 Å². The van der Waals surface area contributed by atoms with Crippen molar-refractivity contribution in [2.75, 3.05) is 7.05 Å². The summed E-state index contributed by atoms with van der Waals surface area (Å²) in [5, 5.41) is 0. The van der Waals surface area contributed by atoms with Gasteiger partial charge in [-0.25, -0.2) is 0 Å². The fourth-order valence-corrected chi connectivity index (χ4v) is 1.10. The maximum absolute atomic E-state index is 5.77. The standard InChI is InChI=1S/C8H14N2/c1-6-4-7(2)10(3)8(9)5-6/h4-5,8H,9H2,1-3H3. The van der Waals surface area contributed by atoms with Gasteiger partial charge in [0.25, 0.3) is 0 Å². The van der Waals surface area contributed by atoms with Crippen LogP contribution in [-0.2, 0) is 0 Å². The minimum Gasteiger partial charge on any atom is -0.359 e. The maximum atomic E-state index is 5.77. The molecule has 0 aromatic rings. The van der Waals surface area contributed by atoms with Crippen molar-refractivity contribution in [1.29, 1.82) is 0 Å². The Morgan fingerprint density at radius 3 is 2.60 bits per heavy atom. The van der Waals surface area contributed by atoms with Crippen LogP contribution in [-0.4, -0.2) is 18.1 Å². The highest BCUT2D eigenvalue weighted by atomic mass is 15.2. The van der Waals surface area contributed by atoms with Crippen molar-refractivity contribution in [1.82, 2.24) is 4.90 Å². The van der Waals surface area contributed by atoms with Gasteiger partial charge in [-0.1, -0.05) is 5.57 Å². The maximum Gasteiger partial charge on any atom is 0.0961 e. The van der Waals surface area contributed by atoms with E-state index >= 15 is 0 Å². The van der Waals surface area contributed by atoms with Gasteiger partial charge in [-0.2, -0.15) is 0 Å². The molecule has 1 atom stereocenters. The van der Waals surface area contributed by atoms with Crippen molar-refractivity contribution < 1.29 is 0 Å². The van der Waals surface area contributed by atoms with E-state index in [4.69, 9.17) is 5.73 Å². The van der Waals surface area contributed by atoms with Crippen LogP contribution in [0.3, 0.4) is 0 Å². The van der Waals surface area contributed by atoms with E-state index in [9.17, 15) is 0 Å². The Morgan fingerprint density at radius 2 is 2.10 bits per heavy atom. The molecule has 1 rings (SSSR count). The second kappa shape index (κ2) is 2.46. The molecular formula is C8H14N2. The van der Waals surface area contributed by atoms with Gasteiger partial charge in [-0.15, -0.1) is 0 Å². The van der Waals surface area contributed by atoms with Crippen LogP contribution in [0.2, 0.25) is 0 Å². The minimum absolute atomic E-state index is 0.0602. The third-order valence-corrected chi connectivity index (χ3v) is 1.87. The smallest absolute Gasteiger partial charge is 0.0961 e. The zero-order valence-corrected chi connectivity index (χ0v) is 6.76. The van der Waals surface area contributed by atoms with Gasteiger partial charge < -0.3 is 10.6 Å². The first-order chi connectivity index (χ1) is 4.61. The third kappa shape index (κ3) is 1.21. The third-order valence-electron chi connectivity index (χ3n) is 1.87. The average molecular weight is 138 g/mol. The van der Waals surface area contributed by atoms with Crippen LogP contribution in [0.1, 0.15) is 13.8 Å². The first-order valence-corrected chi connectivity index (χ1v) is 3.46. The first-order valence-electron chi connectivity index (χ1n) is 3.46. The van der Waals surface area contributed by atoms with Gasteiger partial charge in [-0.05, 0) is 26.0 Å². The van der Waals surface area contributed by atoms with E-state index in [1.807, 2.05) is 18.0 Å².